The van der Waals surface area contributed by atoms with Gasteiger partial charge < -0.3 is 14.9 Å². The Morgan fingerprint density at radius 1 is 1.26 bits per heavy atom. The fraction of sp³-hybridized carbons (Fsp3) is 0.150. The Balaban J connectivity index is 1.86. The van der Waals surface area contributed by atoms with Crippen molar-refractivity contribution in [1.82, 2.24) is 9.55 Å². The number of benzene rings is 2. The van der Waals surface area contributed by atoms with Crippen LogP contribution < -0.4 is 10.3 Å². The van der Waals surface area contributed by atoms with Crippen LogP contribution in [0, 0.1) is 0 Å². The fourth-order valence-electron chi connectivity index (χ4n) is 3.27. The predicted molar refractivity (Wildman–Crippen MR) is 100 cm³/mol. The van der Waals surface area contributed by atoms with E-state index >= 15 is 0 Å². The summed E-state index contributed by atoms with van der Waals surface area (Å²) in [5.41, 5.74) is 1.94. The molecule has 2 heterocycles. The minimum absolute atomic E-state index is 0.0491. The molecule has 1 aromatic heterocycles. The molecule has 7 nitrogen and oxygen atoms in total. The molecule has 27 heavy (non-hydrogen) atoms. The summed E-state index contributed by atoms with van der Waals surface area (Å²) in [4.78, 5) is 28.5. The smallest absolute Gasteiger partial charge is 0.335 e. The second-order valence-electron chi connectivity index (χ2n) is 6.28. The Morgan fingerprint density at radius 2 is 2.07 bits per heavy atom. The summed E-state index contributed by atoms with van der Waals surface area (Å²) < 4.78 is 6.73. The lowest BCUT2D eigenvalue weighted by Gasteiger charge is -2.07. The number of fused-ring (bicyclic) bond motifs is 2. The first kappa shape index (κ1) is 16.8. The van der Waals surface area contributed by atoms with E-state index in [2.05, 4.69) is 4.98 Å². The zero-order valence-electron chi connectivity index (χ0n) is 14.5. The molecule has 3 aromatic rings. The van der Waals surface area contributed by atoms with Crippen LogP contribution >= 0.6 is 0 Å². The van der Waals surface area contributed by atoms with Crippen LogP contribution in [0.5, 0.6) is 11.5 Å². The molecule has 0 fully saturated rings. The van der Waals surface area contributed by atoms with Crippen molar-refractivity contribution in [2.75, 3.05) is 7.11 Å². The molecule has 0 aliphatic carbocycles. The molecule has 0 bridgehead atoms. The fourth-order valence-corrected chi connectivity index (χ4v) is 3.27. The van der Waals surface area contributed by atoms with Crippen molar-refractivity contribution in [3.8, 4) is 11.5 Å². The second kappa shape index (κ2) is 6.28. The van der Waals surface area contributed by atoms with Crippen LogP contribution in [0.1, 0.15) is 28.2 Å². The van der Waals surface area contributed by atoms with Crippen molar-refractivity contribution in [2.45, 2.75) is 13.0 Å². The van der Waals surface area contributed by atoms with Crippen molar-refractivity contribution in [3.63, 3.8) is 0 Å². The molecule has 1 aliphatic heterocycles. The third kappa shape index (κ3) is 2.83. The van der Waals surface area contributed by atoms with E-state index in [1.165, 1.54) is 25.3 Å². The standard InChI is InChI=1S/C20H16N2O5/c1-27-17-9-11(2-5-16(17)23)8-12-6-7-22-18(12)21-15-10-13(20(25)26)3-4-14(15)19(22)24/h2-5,8-10,23H,6-7H2,1H3,(H,25,26). The molecule has 1 aliphatic rings. The summed E-state index contributed by atoms with van der Waals surface area (Å²) in [5, 5.41) is 19.3. The Hall–Kier alpha value is -3.61. The Kier molecular flexibility index (Phi) is 3.92. The summed E-state index contributed by atoms with van der Waals surface area (Å²) in [7, 11) is 1.48. The summed E-state index contributed by atoms with van der Waals surface area (Å²) in [5.74, 6) is -0.126. The summed E-state index contributed by atoms with van der Waals surface area (Å²) in [6.45, 7) is 0.513. The van der Waals surface area contributed by atoms with E-state index in [9.17, 15) is 19.8 Å². The number of hydrogen-bond acceptors (Lipinski definition) is 5. The van der Waals surface area contributed by atoms with Crippen molar-refractivity contribution >= 4 is 28.5 Å². The highest BCUT2D eigenvalue weighted by Gasteiger charge is 2.21. The molecule has 7 heteroatoms. The van der Waals surface area contributed by atoms with Crippen LogP contribution in [0.2, 0.25) is 0 Å². The molecule has 0 saturated carbocycles. The van der Waals surface area contributed by atoms with Gasteiger partial charge in [-0.2, -0.15) is 0 Å². The Morgan fingerprint density at radius 3 is 2.81 bits per heavy atom. The highest BCUT2D eigenvalue weighted by molar-refractivity contribution is 5.93. The van der Waals surface area contributed by atoms with Crippen molar-refractivity contribution in [1.29, 1.82) is 0 Å². The molecular formula is C20H16N2O5. The van der Waals surface area contributed by atoms with Crippen molar-refractivity contribution in [3.05, 3.63) is 63.7 Å². The quantitative estimate of drug-likeness (QED) is 0.741. The van der Waals surface area contributed by atoms with E-state index < -0.39 is 5.97 Å². The number of aromatic hydroxyl groups is 1. The molecule has 0 atom stereocenters. The van der Waals surface area contributed by atoms with Gasteiger partial charge in [0.15, 0.2) is 11.5 Å². The van der Waals surface area contributed by atoms with Crippen LogP contribution in [0.4, 0.5) is 0 Å². The number of methoxy groups -OCH3 is 1. The largest absolute Gasteiger partial charge is 0.504 e. The first-order chi connectivity index (χ1) is 13.0. The number of carboxylic acid groups (broad SMARTS) is 1. The SMILES string of the molecule is COc1cc(C=C2CCn3c2nc2cc(C(=O)O)ccc2c3=O)ccc1O. The molecule has 0 unspecified atom stereocenters. The first-order valence-electron chi connectivity index (χ1n) is 8.34. The molecule has 2 N–H and O–H groups in total. The zero-order chi connectivity index (χ0) is 19.1. The molecule has 0 amide bonds. The van der Waals surface area contributed by atoms with Crippen LogP contribution in [-0.2, 0) is 6.54 Å². The maximum absolute atomic E-state index is 12.7. The lowest BCUT2D eigenvalue weighted by molar-refractivity contribution is 0.0697. The van der Waals surface area contributed by atoms with Gasteiger partial charge in [-0.3, -0.25) is 9.36 Å². The monoisotopic (exact) mass is 364 g/mol. The molecule has 4 rings (SSSR count). The molecule has 0 spiro atoms. The van der Waals surface area contributed by atoms with Gasteiger partial charge in [0.2, 0.25) is 0 Å². The molecular weight excluding hydrogens is 348 g/mol. The minimum atomic E-state index is -1.06. The number of hydrogen-bond donors (Lipinski definition) is 2. The number of ether oxygens (including phenoxy) is 1. The summed E-state index contributed by atoms with van der Waals surface area (Å²) in [6.07, 6.45) is 2.52. The van der Waals surface area contributed by atoms with E-state index in [0.29, 0.717) is 35.4 Å². The van der Waals surface area contributed by atoms with Gasteiger partial charge in [-0.15, -0.1) is 0 Å². The van der Waals surface area contributed by atoms with E-state index in [0.717, 1.165) is 11.1 Å². The number of carboxylic acids is 1. The third-order valence-corrected chi connectivity index (χ3v) is 4.64. The van der Waals surface area contributed by atoms with Crippen LogP contribution in [0.25, 0.3) is 22.6 Å². The van der Waals surface area contributed by atoms with Crippen molar-refractivity contribution in [2.24, 2.45) is 0 Å². The van der Waals surface area contributed by atoms with Crippen molar-refractivity contribution < 1.29 is 19.7 Å². The number of carbonyl (C=O) groups is 1. The number of rotatable bonds is 3. The predicted octanol–water partition coefficient (Wildman–Crippen LogP) is 2.75. The second-order valence-corrected chi connectivity index (χ2v) is 6.28. The van der Waals surface area contributed by atoms with E-state index in [-0.39, 0.29) is 16.9 Å². The van der Waals surface area contributed by atoms with E-state index in [4.69, 9.17) is 4.74 Å². The maximum Gasteiger partial charge on any atom is 0.335 e. The van der Waals surface area contributed by atoms with Gasteiger partial charge in [-0.1, -0.05) is 6.07 Å². The number of allylic oxidation sites excluding steroid dienone is 1. The lowest BCUT2D eigenvalue weighted by atomic mass is 10.1. The van der Waals surface area contributed by atoms with Gasteiger partial charge in [-0.05, 0) is 54.0 Å². The number of nitrogens with zero attached hydrogens (tertiary/aromatic N) is 2. The number of phenols is 1. The van der Waals surface area contributed by atoms with Crippen LogP contribution in [-0.4, -0.2) is 32.8 Å². The van der Waals surface area contributed by atoms with Gasteiger partial charge in [-0.25, -0.2) is 9.78 Å². The molecule has 2 aromatic carbocycles. The summed E-state index contributed by atoms with van der Waals surface area (Å²) in [6, 6.07) is 9.32. The highest BCUT2D eigenvalue weighted by Crippen LogP contribution is 2.31. The van der Waals surface area contributed by atoms with Gasteiger partial charge in [0, 0.05) is 6.54 Å². The Bertz CT molecular complexity index is 1180. The molecule has 0 radical (unpaired) electrons. The van der Waals surface area contributed by atoms with Crippen LogP contribution in [0.3, 0.4) is 0 Å². The number of aromatic nitrogens is 2. The maximum atomic E-state index is 12.7. The molecule has 136 valence electrons. The number of aromatic carboxylic acids is 1. The lowest BCUT2D eigenvalue weighted by Crippen LogP contribution is -2.20. The van der Waals surface area contributed by atoms with Gasteiger partial charge >= 0.3 is 5.97 Å². The van der Waals surface area contributed by atoms with E-state index in [1.54, 1.807) is 22.8 Å². The summed E-state index contributed by atoms with van der Waals surface area (Å²) >= 11 is 0. The average molecular weight is 364 g/mol. The van der Waals surface area contributed by atoms with Gasteiger partial charge in [0.25, 0.3) is 5.56 Å². The van der Waals surface area contributed by atoms with E-state index in [1.807, 2.05) is 6.08 Å². The average Bonchev–Trinajstić information content (AvgIpc) is 3.06. The topological polar surface area (TPSA) is 102 Å². The highest BCUT2D eigenvalue weighted by atomic mass is 16.5. The van der Waals surface area contributed by atoms with Gasteiger partial charge in [0.05, 0.1) is 23.6 Å². The zero-order valence-corrected chi connectivity index (χ0v) is 14.5. The van der Waals surface area contributed by atoms with Crippen LogP contribution in [0.15, 0.2) is 41.2 Å². The Labute approximate surface area is 153 Å². The minimum Gasteiger partial charge on any atom is -0.504 e. The third-order valence-electron chi connectivity index (χ3n) is 4.64. The number of phenolic OH excluding ortho intramolecular Hbond substituents is 1. The first-order valence-corrected chi connectivity index (χ1v) is 8.34. The van der Waals surface area contributed by atoms with Gasteiger partial charge in [0.1, 0.15) is 5.82 Å². The normalized spacial score (nSPS) is 14.5. The molecule has 0 saturated heterocycles.